The second-order valence-corrected chi connectivity index (χ2v) is 4.77. The Hall–Kier alpha value is -1.55. The molecule has 0 amide bonds. The normalized spacial score (nSPS) is 10.4. The number of benzene rings is 2. The summed E-state index contributed by atoms with van der Waals surface area (Å²) < 4.78 is 26.6. The zero-order valence-electron chi connectivity index (χ0n) is 9.29. The van der Waals surface area contributed by atoms with Crippen LogP contribution in [0.1, 0.15) is 15.9 Å². The molecule has 2 aromatic rings. The summed E-state index contributed by atoms with van der Waals surface area (Å²) in [5, 5.41) is 0. The lowest BCUT2D eigenvalue weighted by Crippen LogP contribution is -2.04. The van der Waals surface area contributed by atoms with Crippen molar-refractivity contribution in [2.24, 2.45) is 0 Å². The average Bonchev–Trinajstić information content (AvgIpc) is 2.34. The van der Waals surface area contributed by atoms with Gasteiger partial charge in [-0.05, 0) is 29.8 Å². The summed E-state index contributed by atoms with van der Waals surface area (Å²) in [6.45, 7) is 0. The molecule has 0 saturated carbocycles. The van der Waals surface area contributed by atoms with Gasteiger partial charge in [-0.25, -0.2) is 8.78 Å². The molecule has 0 aromatic heterocycles. The van der Waals surface area contributed by atoms with Gasteiger partial charge in [-0.3, -0.25) is 4.79 Å². The summed E-state index contributed by atoms with van der Waals surface area (Å²) in [7, 11) is 0. The van der Waals surface area contributed by atoms with Gasteiger partial charge in [-0.15, -0.1) is 0 Å². The van der Waals surface area contributed by atoms with Crippen LogP contribution in [0.4, 0.5) is 8.78 Å². The van der Waals surface area contributed by atoms with Crippen LogP contribution in [0.25, 0.3) is 0 Å². The molecule has 2 aromatic carbocycles. The van der Waals surface area contributed by atoms with E-state index in [0.717, 1.165) is 16.6 Å². The molecule has 0 spiro atoms. The van der Waals surface area contributed by atoms with E-state index < -0.39 is 11.6 Å². The number of halogens is 3. The standard InChI is InChI=1S/C14H9BrF2O/c15-11-3-1-2-10(8-11)14(18)7-9-4-5-12(16)13(17)6-9/h1-6,8H,7H2. The number of hydrogen-bond donors (Lipinski definition) is 0. The summed E-state index contributed by atoms with van der Waals surface area (Å²) in [6, 6.07) is 10.4. The first-order chi connectivity index (χ1) is 8.56. The van der Waals surface area contributed by atoms with Gasteiger partial charge in [0.25, 0.3) is 0 Å². The molecule has 0 unspecified atom stereocenters. The number of hydrogen-bond acceptors (Lipinski definition) is 1. The van der Waals surface area contributed by atoms with E-state index >= 15 is 0 Å². The smallest absolute Gasteiger partial charge is 0.167 e. The summed E-state index contributed by atoms with van der Waals surface area (Å²) in [5.74, 6) is -1.98. The monoisotopic (exact) mass is 310 g/mol. The van der Waals surface area contributed by atoms with E-state index in [4.69, 9.17) is 0 Å². The van der Waals surface area contributed by atoms with Gasteiger partial charge in [0, 0.05) is 16.5 Å². The molecular formula is C14H9BrF2O. The molecule has 4 heteroatoms. The summed E-state index contributed by atoms with van der Waals surface area (Å²) >= 11 is 3.28. The molecule has 2 rings (SSSR count). The Bertz CT molecular complexity index is 596. The fourth-order valence-corrected chi connectivity index (χ4v) is 2.00. The van der Waals surface area contributed by atoms with Crippen molar-refractivity contribution in [2.75, 3.05) is 0 Å². The van der Waals surface area contributed by atoms with Crippen LogP contribution in [0.5, 0.6) is 0 Å². The SMILES string of the molecule is O=C(Cc1ccc(F)c(F)c1)c1cccc(Br)c1. The fourth-order valence-electron chi connectivity index (χ4n) is 1.60. The summed E-state index contributed by atoms with van der Waals surface area (Å²) in [5.41, 5.74) is 0.994. The lowest BCUT2D eigenvalue weighted by atomic mass is 10.0. The van der Waals surface area contributed by atoms with Crippen LogP contribution in [0, 0.1) is 11.6 Å². The Morgan fingerprint density at radius 1 is 1.06 bits per heavy atom. The van der Waals surface area contributed by atoms with Gasteiger partial charge >= 0.3 is 0 Å². The maximum Gasteiger partial charge on any atom is 0.167 e. The molecule has 0 radical (unpaired) electrons. The third kappa shape index (κ3) is 3.01. The molecule has 1 nitrogen and oxygen atoms in total. The van der Waals surface area contributed by atoms with E-state index in [1.807, 2.05) is 6.07 Å². The first-order valence-electron chi connectivity index (χ1n) is 5.29. The van der Waals surface area contributed by atoms with Crippen molar-refractivity contribution in [3.8, 4) is 0 Å². The van der Waals surface area contributed by atoms with E-state index in [9.17, 15) is 13.6 Å². The van der Waals surface area contributed by atoms with Crippen molar-refractivity contribution in [2.45, 2.75) is 6.42 Å². The second-order valence-electron chi connectivity index (χ2n) is 3.86. The van der Waals surface area contributed by atoms with Gasteiger partial charge in [0.15, 0.2) is 17.4 Å². The van der Waals surface area contributed by atoms with Crippen LogP contribution >= 0.6 is 15.9 Å². The Labute approximate surface area is 112 Å². The Kier molecular flexibility index (Phi) is 3.87. The molecule has 0 N–H and O–H groups in total. The third-order valence-electron chi connectivity index (χ3n) is 2.50. The Balaban J connectivity index is 2.18. The van der Waals surface area contributed by atoms with Gasteiger partial charge in [0.1, 0.15) is 0 Å². The van der Waals surface area contributed by atoms with Crippen molar-refractivity contribution in [3.63, 3.8) is 0 Å². The minimum absolute atomic E-state index is 0.0493. The van der Waals surface area contributed by atoms with E-state index in [-0.39, 0.29) is 12.2 Å². The van der Waals surface area contributed by atoms with E-state index in [1.54, 1.807) is 18.2 Å². The van der Waals surface area contributed by atoms with Crippen LogP contribution in [0.3, 0.4) is 0 Å². The quantitative estimate of drug-likeness (QED) is 0.778. The first kappa shape index (κ1) is 12.9. The highest BCUT2D eigenvalue weighted by atomic mass is 79.9. The minimum Gasteiger partial charge on any atom is -0.294 e. The fraction of sp³-hybridized carbons (Fsp3) is 0.0714. The molecule has 0 bridgehead atoms. The van der Waals surface area contributed by atoms with Crippen LogP contribution in [-0.4, -0.2) is 5.78 Å². The maximum atomic E-state index is 13.0. The number of rotatable bonds is 3. The van der Waals surface area contributed by atoms with E-state index in [2.05, 4.69) is 15.9 Å². The number of ketones is 1. The predicted molar refractivity (Wildman–Crippen MR) is 68.5 cm³/mol. The molecule has 0 aliphatic rings. The molecule has 92 valence electrons. The molecule has 0 atom stereocenters. The van der Waals surface area contributed by atoms with Gasteiger partial charge in [-0.1, -0.05) is 34.1 Å². The first-order valence-corrected chi connectivity index (χ1v) is 6.08. The molecule has 0 aliphatic carbocycles. The molecule has 0 saturated heterocycles. The lowest BCUT2D eigenvalue weighted by Gasteiger charge is -2.03. The van der Waals surface area contributed by atoms with Crippen molar-refractivity contribution < 1.29 is 13.6 Å². The topological polar surface area (TPSA) is 17.1 Å². The molecule has 18 heavy (non-hydrogen) atoms. The van der Waals surface area contributed by atoms with Crippen LogP contribution in [0.2, 0.25) is 0 Å². The van der Waals surface area contributed by atoms with Gasteiger partial charge in [-0.2, -0.15) is 0 Å². The maximum absolute atomic E-state index is 13.0. The largest absolute Gasteiger partial charge is 0.294 e. The van der Waals surface area contributed by atoms with E-state index in [0.29, 0.717) is 11.1 Å². The van der Waals surface area contributed by atoms with Crippen molar-refractivity contribution in [1.82, 2.24) is 0 Å². The summed E-state index contributed by atoms with van der Waals surface area (Å²) in [6.07, 6.45) is 0.0493. The highest BCUT2D eigenvalue weighted by Gasteiger charge is 2.09. The lowest BCUT2D eigenvalue weighted by molar-refractivity contribution is 0.0993. The zero-order chi connectivity index (χ0) is 13.1. The zero-order valence-corrected chi connectivity index (χ0v) is 10.9. The molecule has 0 aliphatic heterocycles. The van der Waals surface area contributed by atoms with Crippen LogP contribution in [-0.2, 0) is 6.42 Å². The average molecular weight is 311 g/mol. The highest BCUT2D eigenvalue weighted by molar-refractivity contribution is 9.10. The predicted octanol–water partition coefficient (Wildman–Crippen LogP) is 4.15. The van der Waals surface area contributed by atoms with Crippen LogP contribution in [0.15, 0.2) is 46.9 Å². The molecule has 0 fully saturated rings. The van der Waals surface area contributed by atoms with Crippen LogP contribution < -0.4 is 0 Å². The Morgan fingerprint density at radius 2 is 1.83 bits per heavy atom. The van der Waals surface area contributed by atoms with Gasteiger partial charge in [0.05, 0.1) is 0 Å². The second kappa shape index (κ2) is 5.40. The van der Waals surface area contributed by atoms with E-state index in [1.165, 1.54) is 6.07 Å². The van der Waals surface area contributed by atoms with Gasteiger partial charge in [0.2, 0.25) is 0 Å². The number of carbonyl (C=O) groups is 1. The number of carbonyl (C=O) groups excluding carboxylic acids is 1. The number of Topliss-reactive ketones (excluding diaryl/α,β-unsaturated/α-hetero) is 1. The molecular weight excluding hydrogens is 302 g/mol. The summed E-state index contributed by atoms with van der Waals surface area (Å²) in [4.78, 5) is 11.9. The Morgan fingerprint density at radius 3 is 2.50 bits per heavy atom. The minimum atomic E-state index is -0.936. The van der Waals surface area contributed by atoms with Crippen molar-refractivity contribution >= 4 is 21.7 Å². The third-order valence-corrected chi connectivity index (χ3v) is 2.99. The van der Waals surface area contributed by atoms with Crippen molar-refractivity contribution in [1.29, 1.82) is 0 Å². The highest BCUT2D eigenvalue weighted by Crippen LogP contribution is 2.15. The van der Waals surface area contributed by atoms with Crippen molar-refractivity contribution in [3.05, 3.63) is 69.7 Å². The van der Waals surface area contributed by atoms with Gasteiger partial charge < -0.3 is 0 Å². The molecule has 0 heterocycles.